The largest absolute Gasteiger partial charge is 0.462 e. The normalized spacial score (nSPS) is 12.4. The molecule has 7 heteroatoms. The predicted octanol–water partition coefficient (Wildman–Crippen LogP) is 5.88. The van der Waals surface area contributed by atoms with E-state index in [2.05, 4.69) is 0 Å². The number of hydrogen-bond acceptors (Lipinski definition) is 3. The maximum Gasteiger partial charge on any atom is 0.416 e. The lowest BCUT2D eigenvalue weighted by molar-refractivity contribution is -0.138. The first kappa shape index (κ1) is 22.2. The molecule has 0 saturated heterocycles. The molecule has 0 aliphatic carbocycles. The fraction of sp³-hybridized carbons (Fsp3) is 0.250. The van der Waals surface area contributed by atoms with E-state index in [9.17, 15) is 23.2 Å². The Morgan fingerprint density at radius 3 is 2.55 bits per heavy atom. The summed E-state index contributed by atoms with van der Waals surface area (Å²) in [5, 5.41) is 10.3. The Balaban J connectivity index is 2.12. The van der Waals surface area contributed by atoms with Gasteiger partial charge >= 0.3 is 12.1 Å². The van der Waals surface area contributed by atoms with Gasteiger partial charge in [-0.1, -0.05) is 29.8 Å². The van der Waals surface area contributed by atoms with Gasteiger partial charge in [0.05, 0.1) is 12.2 Å². The van der Waals surface area contributed by atoms with Crippen molar-refractivity contribution in [3.05, 3.63) is 76.5 Å². The van der Waals surface area contributed by atoms with Crippen molar-refractivity contribution in [1.82, 2.24) is 4.57 Å². The molecular weight excluding hydrogens is 405 g/mol. The van der Waals surface area contributed by atoms with Gasteiger partial charge in [0.1, 0.15) is 11.6 Å². The van der Waals surface area contributed by atoms with Crippen LogP contribution in [-0.4, -0.2) is 17.1 Å². The van der Waals surface area contributed by atoms with Crippen LogP contribution in [0.1, 0.15) is 36.1 Å². The molecule has 160 valence electrons. The average molecular weight is 426 g/mol. The molecule has 3 rings (SSSR count). The lowest BCUT2D eigenvalue weighted by Crippen LogP contribution is -2.08. The number of para-hydroxylation sites is 1. The molecule has 4 nitrogen and oxygen atoms in total. The number of alkyl halides is 3. The number of aromatic nitrogens is 1. The van der Waals surface area contributed by atoms with E-state index >= 15 is 0 Å². The van der Waals surface area contributed by atoms with Gasteiger partial charge in [0.15, 0.2) is 0 Å². The number of aryl methyl sites for hydroxylation is 1. The van der Waals surface area contributed by atoms with Crippen LogP contribution < -0.4 is 0 Å². The van der Waals surface area contributed by atoms with Crippen LogP contribution in [0.2, 0.25) is 0 Å². The number of carbonyl (C=O) groups is 1. The van der Waals surface area contributed by atoms with Gasteiger partial charge in [-0.2, -0.15) is 18.4 Å². The minimum atomic E-state index is -4.43. The summed E-state index contributed by atoms with van der Waals surface area (Å²) >= 11 is 0. The Morgan fingerprint density at radius 1 is 1.19 bits per heavy atom. The molecular formula is C24H21F3N2O2. The molecule has 0 fully saturated rings. The lowest BCUT2D eigenvalue weighted by atomic mass is 10.0. The van der Waals surface area contributed by atoms with Crippen LogP contribution >= 0.6 is 0 Å². The molecule has 1 heterocycles. The molecule has 0 spiro atoms. The second-order valence-electron chi connectivity index (χ2n) is 7.23. The van der Waals surface area contributed by atoms with E-state index in [1.165, 1.54) is 0 Å². The van der Waals surface area contributed by atoms with E-state index in [-0.39, 0.29) is 18.7 Å². The minimum Gasteiger partial charge on any atom is -0.462 e. The van der Waals surface area contributed by atoms with Crippen LogP contribution in [-0.2, 0) is 22.3 Å². The first-order valence-electron chi connectivity index (χ1n) is 9.69. The minimum absolute atomic E-state index is 0.0975. The number of esters is 1. The van der Waals surface area contributed by atoms with Crippen LogP contribution in [0.5, 0.6) is 0 Å². The van der Waals surface area contributed by atoms with E-state index in [0.717, 1.165) is 23.0 Å². The maximum atomic E-state index is 13.2. The third kappa shape index (κ3) is 4.64. The Bertz CT molecular complexity index is 1210. The number of fused-ring (bicyclic) bond motifs is 1. The summed E-state index contributed by atoms with van der Waals surface area (Å²) in [5.41, 5.74) is 2.14. The van der Waals surface area contributed by atoms with E-state index in [1.807, 2.05) is 34.9 Å². The van der Waals surface area contributed by atoms with Crippen molar-refractivity contribution in [2.45, 2.75) is 33.5 Å². The standard InChI is InChI=1S/C24H21F3N2O2/c1-4-31-23(30)20(12-28)16(3)21-14-29(22-8-6-5-7-19(21)22)13-17-9-15(2)10-18(11-17)24(25,26)27/h5-11,14H,4,13H2,1-3H3/b20-16+. The number of ether oxygens (including phenoxy) is 1. The molecule has 0 amide bonds. The van der Waals surface area contributed by atoms with Crippen LogP contribution in [0.4, 0.5) is 13.2 Å². The molecule has 0 aliphatic heterocycles. The highest BCUT2D eigenvalue weighted by Crippen LogP contribution is 2.33. The third-order valence-electron chi connectivity index (χ3n) is 4.98. The Hall–Kier alpha value is -3.53. The molecule has 0 atom stereocenters. The SMILES string of the molecule is CCOC(=O)/C(C#N)=C(\C)c1cn(Cc2cc(C)cc(C(F)(F)F)c2)c2ccccc12. The predicted molar refractivity (Wildman–Crippen MR) is 112 cm³/mol. The zero-order valence-electron chi connectivity index (χ0n) is 17.4. The number of allylic oxidation sites excluding steroid dienone is 1. The Kier molecular flexibility index (Phi) is 6.21. The number of hydrogen-bond donors (Lipinski definition) is 0. The molecule has 0 unspecified atom stereocenters. The van der Waals surface area contributed by atoms with Crippen molar-refractivity contribution in [2.24, 2.45) is 0 Å². The zero-order chi connectivity index (χ0) is 22.8. The number of halogens is 3. The molecule has 0 saturated carbocycles. The van der Waals surface area contributed by atoms with Crippen LogP contribution in [0.25, 0.3) is 16.5 Å². The summed E-state index contributed by atoms with van der Waals surface area (Å²) < 4.78 is 46.5. The van der Waals surface area contributed by atoms with Gasteiger partial charge in [-0.15, -0.1) is 0 Å². The van der Waals surface area contributed by atoms with Gasteiger partial charge in [-0.05, 0) is 50.1 Å². The smallest absolute Gasteiger partial charge is 0.416 e. The maximum absolute atomic E-state index is 13.2. The van der Waals surface area contributed by atoms with E-state index in [1.54, 1.807) is 33.0 Å². The van der Waals surface area contributed by atoms with Gasteiger partial charge < -0.3 is 9.30 Å². The van der Waals surface area contributed by atoms with E-state index in [4.69, 9.17) is 4.74 Å². The summed E-state index contributed by atoms with van der Waals surface area (Å²) in [6.07, 6.45) is -2.67. The monoisotopic (exact) mass is 426 g/mol. The summed E-state index contributed by atoms with van der Waals surface area (Å²) in [4.78, 5) is 12.2. The van der Waals surface area contributed by atoms with Gasteiger partial charge in [-0.25, -0.2) is 4.79 Å². The molecule has 0 bridgehead atoms. The van der Waals surface area contributed by atoms with Crippen molar-refractivity contribution in [1.29, 1.82) is 5.26 Å². The third-order valence-corrected chi connectivity index (χ3v) is 4.98. The summed E-state index contributed by atoms with van der Waals surface area (Å²) in [7, 11) is 0. The average Bonchev–Trinajstić information content (AvgIpc) is 3.06. The summed E-state index contributed by atoms with van der Waals surface area (Å²) in [6.45, 7) is 5.30. The topological polar surface area (TPSA) is 55.0 Å². The Labute approximate surface area is 178 Å². The van der Waals surface area contributed by atoms with Gasteiger partial charge in [0, 0.05) is 29.2 Å². The van der Waals surface area contributed by atoms with Gasteiger partial charge in [0.2, 0.25) is 0 Å². The highest BCUT2D eigenvalue weighted by Gasteiger charge is 2.31. The first-order valence-corrected chi connectivity index (χ1v) is 9.69. The second kappa shape index (κ2) is 8.68. The molecule has 0 aliphatic rings. The van der Waals surface area contributed by atoms with Crippen LogP contribution in [0, 0.1) is 18.3 Å². The highest BCUT2D eigenvalue weighted by molar-refractivity contribution is 6.05. The summed E-state index contributed by atoms with van der Waals surface area (Å²) in [5.74, 6) is -0.701. The molecule has 1 aromatic heterocycles. The van der Waals surface area contributed by atoms with E-state index in [0.29, 0.717) is 22.3 Å². The van der Waals surface area contributed by atoms with Gasteiger partial charge in [0.25, 0.3) is 0 Å². The molecule has 31 heavy (non-hydrogen) atoms. The fourth-order valence-corrected chi connectivity index (χ4v) is 3.61. The Morgan fingerprint density at radius 2 is 1.90 bits per heavy atom. The zero-order valence-corrected chi connectivity index (χ0v) is 17.4. The molecule has 0 N–H and O–H groups in total. The van der Waals surface area contributed by atoms with Gasteiger partial charge in [-0.3, -0.25) is 0 Å². The van der Waals surface area contributed by atoms with Crippen molar-refractivity contribution in [3.63, 3.8) is 0 Å². The quantitative estimate of drug-likeness (QED) is 0.291. The van der Waals surface area contributed by atoms with Crippen molar-refractivity contribution >= 4 is 22.4 Å². The van der Waals surface area contributed by atoms with Crippen molar-refractivity contribution < 1.29 is 22.7 Å². The number of rotatable bonds is 5. The number of carbonyl (C=O) groups excluding carboxylic acids is 1. The second-order valence-corrected chi connectivity index (χ2v) is 7.23. The number of nitrogens with zero attached hydrogens (tertiary/aromatic N) is 2. The number of nitriles is 1. The molecule has 2 aromatic carbocycles. The van der Waals surface area contributed by atoms with E-state index < -0.39 is 17.7 Å². The first-order chi connectivity index (χ1) is 14.7. The molecule has 3 aromatic rings. The molecule has 0 radical (unpaired) electrons. The van der Waals surface area contributed by atoms with Crippen molar-refractivity contribution in [2.75, 3.05) is 6.61 Å². The number of benzene rings is 2. The van der Waals surface area contributed by atoms with Crippen molar-refractivity contribution in [3.8, 4) is 6.07 Å². The van der Waals surface area contributed by atoms with Crippen LogP contribution in [0.15, 0.2) is 54.2 Å². The highest BCUT2D eigenvalue weighted by atomic mass is 19.4. The van der Waals surface area contributed by atoms with Crippen LogP contribution in [0.3, 0.4) is 0 Å². The lowest BCUT2D eigenvalue weighted by Gasteiger charge is -2.12. The fourth-order valence-electron chi connectivity index (χ4n) is 3.61. The summed E-state index contributed by atoms with van der Waals surface area (Å²) in [6, 6.07) is 13.2.